The van der Waals surface area contributed by atoms with Gasteiger partial charge in [-0.25, -0.2) is 4.39 Å². The Bertz CT molecular complexity index is 539. The maximum atomic E-state index is 13.1. The minimum Gasteiger partial charge on any atom is -0.469 e. The van der Waals surface area contributed by atoms with E-state index in [2.05, 4.69) is 4.74 Å². The molecule has 0 saturated carbocycles. The Labute approximate surface area is 113 Å². The molecule has 0 aromatic heterocycles. The van der Waals surface area contributed by atoms with Crippen molar-refractivity contribution >= 4 is 16.8 Å². The molecule has 0 N–H and O–H groups in total. The first-order valence-corrected chi connectivity index (χ1v) is 6.98. The van der Waals surface area contributed by atoms with Crippen LogP contribution in [0.5, 0.6) is 0 Å². The van der Waals surface area contributed by atoms with Crippen molar-refractivity contribution in [2.75, 3.05) is 7.11 Å². The largest absolute Gasteiger partial charge is 0.469 e. The number of hydrogen-bond donors (Lipinski definition) is 0. The summed E-state index contributed by atoms with van der Waals surface area (Å²) in [4.78, 5) is 11.1. The molecule has 2 atom stereocenters. The molecule has 19 heavy (non-hydrogen) atoms. The molecular weight excluding hydrogens is 269 g/mol. The molecule has 1 aromatic carbocycles. The second-order valence-corrected chi connectivity index (χ2v) is 5.90. The molecule has 0 aliphatic carbocycles. The maximum Gasteiger partial charge on any atom is 0.306 e. The zero-order valence-corrected chi connectivity index (χ0v) is 11.5. The highest BCUT2D eigenvalue weighted by Gasteiger charge is 2.16. The molecule has 102 valence electrons. The van der Waals surface area contributed by atoms with E-state index in [0.717, 1.165) is 0 Å². The van der Waals surface area contributed by atoms with Gasteiger partial charge in [0.2, 0.25) is 0 Å². The Kier molecular flexibility index (Phi) is 5.64. The number of nitrogens with zero attached hydrogens (tertiary/aromatic N) is 1. The van der Waals surface area contributed by atoms with Crippen LogP contribution < -0.4 is 0 Å². The molecule has 0 amide bonds. The van der Waals surface area contributed by atoms with Gasteiger partial charge in [-0.15, -0.1) is 0 Å². The third-order valence-corrected chi connectivity index (χ3v) is 4.27. The average Bonchev–Trinajstić information content (AvgIpc) is 2.40. The highest BCUT2D eigenvalue weighted by atomic mass is 32.2. The summed E-state index contributed by atoms with van der Waals surface area (Å²) in [5, 5.41) is 8.35. The number of hydrogen-bond acceptors (Lipinski definition) is 4. The van der Waals surface area contributed by atoms with Gasteiger partial charge in [0.1, 0.15) is 11.9 Å². The Morgan fingerprint density at radius 2 is 2.26 bits per heavy atom. The summed E-state index contributed by atoms with van der Waals surface area (Å²) < 4.78 is 29.6. The number of methoxy groups -OCH3 is 1. The molecule has 2 unspecified atom stereocenters. The Morgan fingerprint density at radius 3 is 2.84 bits per heavy atom. The summed E-state index contributed by atoms with van der Waals surface area (Å²) >= 11 is 0. The van der Waals surface area contributed by atoms with E-state index in [1.165, 1.54) is 25.3 Å². The maximum absolute atomic E-state index is 13.1. The monoisotopic (exact) mass is 283 g/mol. The number of nitriles is 1. The van der Waals surface area contributed by atoms with Crippen molar-refractivity contribution in [2.24, 2.45) is 0 Å². The second kappa shape index (κ2) is 7.00. The van der Waals surface area contributed by atoms with Crippen LogP contribution in [0.4, 0.5) is 4.39 Å². The summed E-state index contributed by atoms with van der Waals surface area (Å²) in [6.45, 7) is 1.68. The van der Waals surface area contributed by atoms with E-state index in [1.54, 1.807) is 13.0 Å². The molecule has 0 heterocycles. The van der Waals surface area contributed by atoms with Gasteiger partial charge >= 0.3 is 5.97 Å². The van der Waals surface area contributed by atoms with Crippen LogP contribution in [0.1, 0.15) is 24.5 Å². The molecule has 0 fully saturated rings. The predicted octanol–water partition coefficient (Wildman–Crippen LogP) is 1.90. The van der Waals surface area contributed by atoms with Gasteiger partial charge in [0.15, 0.2) is 0 Å². The highest BCUT2D eigenvalue weighted by Crippen LogP contribution is 2.14. The minimum absolute atomic E-state index is 0.0649. The van der Waals surface area contributed by atoms with Crippen LogP contribution in [0.3, 0.4) is 0 Å². The lowest BCUT2D eigenvalue weighted by Gasteiger charge is -2.10. The summed E-state index contributed by atoms with van der Waals surface area (Å²) in [6, 6.07) is 5.77. The number of halogens is 1. The van der Waals surface area contributed by atoms with Gasteiger partial charge in [0, 0.05) is 21.8 Å². The van der Waals surface area contributed by atoms with Gasteiger partial charge in [-0.2, -0.15) is 5.26 Å². The summed E-state index contributed by atoms with van der Waals surface area (Å²) in [5.74, 6) is -0.843. The standard InChI is InChI=1S/C13H14FNO3S/c1-9(5-13(16)18-2)19(17)8-10-3-4-12(14)11(6-10)7-15/h3-4,6,9H,5,8H2,1-2H3. The van der Waals surface area contributed by atoms with Crippen LogP contribution in [-0.4, -0.2) is 22.5 Å². The number of carbonyl (C=O) groups excluding carboxylic acids is 1. The molecule has 0 spiro atoms. The van der Waals surface area contributed by atoms with Crippen molar-refractivity contribution in [3.8, 4) is 6.07 Å². The second-order valence-electron chi connectivity index (χ2n) is 4.04. The first-order valence-electron chi connectivity index (χ1n) is 5.60. The minimum atomic E-state index is -1.29. The predicted molar refractivity (Wildman–Crippen MR) is 69.1 cm³/mol. The number of ether oxygens (including phenoxy) is 1. The zero-order chi connectivity index (χ0) is 14.4. The fourth-order valence-corrected chi connectivity index (χ4v) is 2.58. The Balaban J connectivity index is 2.72. The summed E-state index contributed by atoms with van der Waals surface area (Å²) in [5.41, 5.74) is 0.531. The number of rotatable bonds is 5. The highest BCUT2D eigenvalue weighted by molar-refractivity contribution is 7.84. The topological polar surface area (TPSA) is 67.2 Å². The molecule has 0 radical (unpaired) electrons. The van der Waals surface area contributed by atoms with Crippen LogP contribution in [0.2, 0.25) is 0 Å². The molecule has 1 rings (SSSR count). The van der Waals surface area contributed by atoms with E-state index in [1.807, 2.05) is 0 Å². The quantitative estimate of drug-likeness (QED) is 0.774. The SMILES string of the molecule is COC(=O)CC(C)S(=O)Cc1ccc(F)c(C#N)c1. The van der Waals surface area contributed by atoms with Gasteiger partial charge in [-0.3, -0.25) is 9.00 Å². The van der Waals surface area contributed by atoms with E-state index < -0.39 is 22.6 Å². The third kappa shape index (κ3) is 4.45. The average molecular weight is 283 g/mol. The number of carbonyl (C=O) groups is 1. The van der Waals surface area contributed by atoms with Crippen LogP contribution in [-0.2, 0) is 26.1 Å². The molecule has 1 aromatic rings. The molecule has 0 aliphatic rings. The van der Waals surface area contributed by atoms with Crippen LogP contribution in [0.25, 0.3) is 0 Å². The van der Waals surface area contributed by atoms with Crippen molar-refractivity contribution in [2.45, 2.75) is 24.3 Å². The van der Waals surface area contributed by atoms with E-state index in [9.17, 15) is 13.4 Å². The van der Waals surface area contributed by atoms with E-state index >= 15 is 0 Å². The van der Waals surface area contributed by atoms with Gasteiger partial charge in [-0.1, -0.05) is 13.0 Å². The van der Waals surface area contributed by atoms with E-state index in [-0.39, 0.29) is 23.0 Å². The normalized spacial score (nSPS) is 13.4. The molecule has 6 heteroatoms. The Morgan fingerprint density at radius 1 is 1.58 bits per heavy atom. The van der Waals surface area contributed by atoms with Gasteiger partial charge in [0.05, 0.1) is 19.1 Å². The van der Waals surface area contributed by atoms with E-state index in [0.29, 0.717) is 5.56 Å². The first kappa shape index (κ1) is 15.3. The zero-order valence-electron chi connectivity index (χ0n) is 10.7. The summed E-state index contributed by atoms with van der Waals surface area (Å²) in [7, 11) is -0.0126. The van der Waals surface area contributed by atoms with Crippen molar-refractivity contribution in [1.82, 2.24) is 0 Å². The van der Waals surface area contributed by atoms with Crippen molar-refractivity contribution in [3.63, 3.8) is 0 Å². The third-order valence-electron chi connectivity index (χ3n) is 2.59. The fraction of sp³-hybridized carbons (Fsp3) is 0.385. The van der Waals surface area contributed by atoms with Gasteiger partial charge in [0.25, 0.3) is 0 Å². The fourth-order valence-electron chi connectivity index (χ4n) is 1.47. The Hall–Kier alpha value is -1.74. The lowest BCUT2D eigenvalue weighted by molar-refractivity contribution is -0.140. The molecule has 4 nitrogen and oxygen atoms in total. The van der Waals surface area contributed by atoms with E-state index in [4.69, 9.17) is 5.26 Å². The molecule has 0 aliphatic heterocycles. The van der Waals surface area contributed by atoms with Crippen molar-refractivity contribution < 1.29 is 18.1 Å². The van der Waals surface area contributed by atoms with Crippen molar-refractivity contribution in [1.29, 1.82) is 5.26 Å². The molecule has 0 bridgehead atoms. The van der Waals surface area contributed by atoms with Crippen LogP contribution in [0, 0.1) is 17.1 Å². The van der Waals surface area contributed by atoms with Gasteiger partial charge in [-0.05, 0) is 17.7 Å². The smallest absolute Gasteiger partial charge is 0.306 e. The van der Waals surface area contributed by atoms with Crippen molar-refractivity contribution in [3.05, 3.63) is 35.1 Å². The van der Waals surface area contributed by atoms with Crippen LogP contribution in [0.15, 0.2) is 18.2 Å². The number of esters is 1. The summed E-state index contributed by atoms with van der Waals surface area (Å²) in [6.07, 6.45) is 0.0649. The molecular formula is C13H14FNO3S. The number of benzene rings is 1. The first-order chi connectivity index (χ1) is 8.97. The lowest BCUT2D eigenvalue weighted by atomic mass is 10.1. The van der Waals surface area contributed by atoms with Crippen LogP contribution >= 0.6 is 0 Å². The lowest BCUT2D eigenvalue weighted by Crippen LogP contribution is -2.18. The molecule has 0 saturated heterocycles. The van der Waals surface area contributed by atoms with Gasteiger partial charge < -0.3 is 4.74 Å².